The molecule has 0 saturated heterocycles. The number of aromatic hydroxyl groups is 1. The van der Waals surface area contributed by atoms with Gasteiger partial charge in [0.2, 0.25) is 0 Å². The molecule has 5 nitrogen and oxygen atoms in total. The van der Waals surface area contributed by atoms with Crippen LogP contribution in [0.1, 0.15) is 21.5 Å². The van der Waals surface area contributed by atoms with Crippen LogP contribution in [-0.2, 0) is 6.61 Å². The highest BCUT2D eigenvalue weighted by Crippen LogP contribution is 2.24. The monoisotopic (exact) mass is 414 g/mol. The molecule has 0 radical (unpaired) electrons. The van der Waals surface area contributed by atoms with E-state index in [4.69, 9.17) is 4.74 Å². The standard InChI is InChI=1S/C25H19FN2O3/c26-23-8-4-3-7-20(23)16-31-21-11-9-17(10-12-21)15-27-28-25(30)22-13-18-5-1-2-6-19(18)14-24(22)29/h1-15,29H,16H2,(H,28,30)/b27-15+. The molecular formula is C25H19FN2O3. The molecule has 31 heavy (non-hydrogen) atoms. The molecule has 0 unspecified atom stereocenters. The summed E-state index contributed by atoms with van der Waals surface area (Å²) in [6, 6.07) is 24.1. The van der Waals surface area contributed by atoms with Gasteiger partial charge in [0.25, 0.3) is 5.91 Å². The Balaban J connectivity index is 1.36. The van der Waals surface area contributed by atoms with Gasteiger partial charge in [-0.15, -0.1) is 0 Å². The summed E-state index contributed by atoms with van der Waals surface area (Å²) >= 11 is 0. The predicted octanol–water partition coefficient (Wildman–Crippen LogP) is 5.03. The molecule has 0 saturated carbocycles. The van der Waals surface area contributed by atoms with Gasteiger partial charge < -0.3 is 9.84 Å². The van der Waals surface area contributed by atoms with Gasteiger partial charge in [-0.3, -0.25) is 4.79 Å². The number of phenolic OH excluding ortho intramolecular Hbond substituents is 1. The number of rotatable bonds is 6. The van der Waals surface area contributed by atoms with E-state index in [2.05, 4.69) is 10.5 Å². The van der Waals surface area contributed by atoms with Gasteiger partial charge in [-0.25, -0.2) is 9.82 Å². The van der Waals surface area contributed by atoms with Crippen molar-refractivity contribution in [2.75, 3.05) is 0 Å². The Morgan fingerprint density at radius 2 is 1.65 bits per heavy atom. The third-order valence-electron chi connectivity index (χ3n) is 4.72. The summed E-state index contributed by atoms with van der Waals surface area (Å²) in [7, 11) is 0. The van der Waals surface area contributed by atoms with Crippen molar-refractivity contribution in [2.45, 2.75) is 6.61 Å². The second kappa shape index (κ2) is 9.09. The van der Waals surface area contributed by atoms with Gasteiger partial charge in [-0.1, -0.05) is 42.5 Å². The minimum atomic E-state index is -0.510. The van der Waals surface area contributed by atoms with Gasteiger partial charge in [0.05, 0.1) is 11.8 Å². The largest absolute Gasteiger partial charge is 0.507 e. The number of hydrazone groups is 1. The zero-order valence-electron chi connectivity index (χ0n) is 16.5. The maximum Gasteiger partial charge on any atom is 0.275 e. The minimum absolute atomic E-state index is 0.109. The lowest BCUT2D eigenvalue weighted by Crippen LogP contribution is -2.17. The lowest BCUT2D eigenvalue weighted by atomic mass is 10.1. The number of carbonyl (C=O) groups excluding carboxylic acids is 1. The average Bonchev–Trinajstić information content (AvgIpc) is 2.79. The fourth-order valence-corrected chi connectivity index (χ4v) is 3.06. The highest BCUT2D eigenvalue weighted by Gasteiger charge is 2.11. The van der Waals surface area contributed by atoms with Crippen LogP contribution in [0.4, 0.5) is 4.39 Å². The van der Waals surface area contributed by atoms with Crippen LogP contribution in [0.5, 0.6) is 11.5 Å². The number of hydrogen-bond donors (Lipinski definition) is 2. The number of benzene rings is 4. The quantitative estimate of drug-likeness (QED) is 0.343. The van der Waals surface area contributed by atoms with Crippen LogP contribution in [0.15, 0.2) is 90.0 Å². The van der Waals surface area contributed by atoms with E-state index in [1.54, 1.807) is 54.6 Å². The van der Waals surface area contributed by atoms with Crippen molar-refractivity contribution in [3.8, 4) is 11.5 Å². The smallest absolute Gasteiger partial charge is 0.275 e. The molecule has 0 heterocycles. The van der Waals surface area contributed by atoms with Gasteiger partial charge in [0.1, 0.15) is 23.9 Å². The van der Waals surface area contributed by atoms with Crippen molar-refractivity contribution in [2.24, 2.45) is 5.10 Å². The van der Waals surface area contributed by atoms with Gasteiger partial charge >= 0.3 is 0 Å². The molecule has 1 amide bonds. The number of amides is 1. The van der Waals surface area contributed by atoms with Crippen LogP contribution in [0.2, 0.25) is 0 Å². The maximum absolute atomic E-state index is 13.6. The van der Waals surface area contributed by atoms with E-state index in [-0.39, 0.29) is 23.7 Å². The number of fused-ring (bicyclic) bond motifs is 1. The fourth-order valence-electron chi connectivity index (χ4n) is 3.06. The highest BCUT2D eigenvalue weighted by molar-refractivity contribution is 6.01. The van der Waals surface area contributed by atoms with Crippen molar-refractivity contribution < 1.29 is 19.0 Å². The molecule has 0 aliphatic heterocycles. The first kappa shape index (κ1) is 20.1. The molecule has 4 aromatic carbocycles. The van der Waals surface area contributed by atoms with E-state index in [0.717, 1.165) is 16.3 Å². The zero-order chi connectivity index (χ0) is 21.6. The Labute approximate surface area is 178 Å². The fraction of sp³-hybridized carbons (Fsp3) is 0.0400. The molecule has 0 spiro atoms. The molecule has 0 bridgehead atoms. The lowest BCUT2D eigenvalue weighted by Gasteiger charge is -2.07. The van der Waals surface area contributed by atoms with Crippen LogP contribution < -0.4 is 10.2 Å². The number of halogens is 1. The van der Waals surface area contributed by atoms with Crippen molar-refractivity contribution in [3.63, 3.8) is 0 Å². The van der Waals surface area contributed by atoms with Crippen LogP contribution in [0, 0.1) is 5.82 Å². The highest BCUT2D eigenvalue weighted by atomic mass is 19.1. The van der Waals surface area contributed by atoms with E-state index < -0.39 is 5.91 Å². The first-order chi connectivity index (χ1) is 15.1. The second-order valence-electron chi connectivity index (χ2n) is 6.86. The molecule has 0 aliphatic carbocycles. The Morgan fingerprint density at radius 1 is 0.968 bits per heavy atom. The summed E-state index contributed by atoms with van der Waals surface area (Å²) in [6.45, 7) is 0.130. The zero-order valence-corrected chi connectivity index (χ0v) is 16.5. The van der Waals surface area contributed by atoms with E-state index in [1.165, 1.54) is 12.3 Å². The van der Waals surface area contributed by atoms with E-state index in [1.807, 2.05) is 24.3 Å². The van der Waals surface area contributed by atoms with Crippen LogP contribution in [-0.4, -0.2) is 17.2 Å². The minimum Gasteiger partial charge on any atom is -0.507 e. The van der Waals surface area contributed by atoms with E-state index >= 15 is 0 Å². The molecule has 0 aromatic heterocycles. The topological polar surface area (TPSA) is 70.9 Å². The Bertz CT molecular complexity index is 1250. The van der Waals surface area contributed by atoms with Crippen molar-refractivity contribution >= 4 is 22.9 Å². The Hall–Kier alpha value is -4.19. The molecule has 6 heteroatoms. The van der Waals surface area contributed by atoms with Gasteiger partial charge in [0, 0.05) is 5.56 Å². The summed E-state index contributed by atoms with van der Waals surface area (Å²) in [5.74, 6) is -0.336. The van der Waals surface area contributed by atoms with Crippen LogP contribution in [0.3, 0.4) is 0 Å². The maximum atomic E-state index is 13.6. The number of nitrogens with one attached hydrogen (secondary N) is 1. The van der Waals surface area contributed by atoms with Crippen molar-refractivity contribution in [3.05, 3.63) is 107 Å². The van der Waals surface area contributed by atoms with E-state index in [0.29, 0.717) is 11.3 Å². The van der Waals surface area contributed by atoms with Crippen LogP contribution in [0.25, 0.3) is 10.8 Å². The summed E-state index contributed by atoms with van der Waals surface area (Å²) in [5.41, 5.74) is 3.78. The summed E-state index contributed by atoms with van der Waals surface area (Å²) in [4.78, 5) is 12.4. The van der Waals surface area contributed by atoms with E-state index in [9.17, 15) is 14.3 Å². The predicted molar refractivity (Wildman–Crippen MR) is 118 cm³/mol. The lowest BCUT2D eigenvalue weighted by molar-refractivity contribution is 0.0952. The van der Waals surface area contributed by atoms with Crippen molar-refractivity contribution in [1.29, 1.82) is 0 Å². The summed E-state index contributed by atoms with van der Waals surface area (Å²) < 4.78 is 19.2. The third-order valence-corrected chi connectivity index (χ3v) is 4.72. The van der Waals surface area contributed by atoms with Gasteiger partial charge in [0.15, 0.2) is 0 Å². The van der Waals surface area contributed by atoms with Gasteiger partial charge in [-0.05, 0) is 58.8 Å². The molecular weight excluding hydrogens is 395 g/mol. The molecule has 4 aromatic rings. The first-order valence-electron chi connectivity index (χ1n) is 9.61. The second-order valence-corrected chi connectivity index (χ2v) is 6.86. The molecule has 0 atom stereocenters. The normalized spacial score (nSPS) is 11.0. The number of carbonyl (C=O) groups is 1. The molecule has 0 aliphatic rings. The SMILES string of the molecule is O=C(N/N=C/c1ccc(OCc2ccccc2F)cc1)c1cc2ccccc2cc1O. The number of phenols is 1. The Kier molecular flexibility index (Phi) is 5.89. The van der Waals surface area contributed by atoms with Crippen LogP contribution >= 0.6 is 0 Å². The summed E-state index contributed by atoms with van der Waals surface area (Å²) in [6.07, 6.45) is 1.48. The Morgan fingerprint density at radius 3 is 2.39 bits per heavy atom. The number of ether oxygens (including phenoxy) is 1. The molecule has 2 N–H and O–H groups in total. The molecule has 154 valence electrons. The molecule has 4 rings (SSSR count). The number of nitrogens with zero attached hydrogens (tertiary/aromatic N) is 1. The molecule has 0 fully saturated rings. The number of hydrogen-bond acceptors (Lipinski definition) is 4. The first-order valence-corrected chi connectivity index (χ1v) is 9.61. The van der Waals surface area contributed by atoms with Crippen molar-refractivity contribution in [1.82, 2.24) is 5.43 Å². The average molecular weight is 414 g/mol. The third kappa shape index (κ3) is 4.87. The summed E-state index contributed by atoms with van der Waals surface area (Å²) in [5, 5.41) is 15.8. The van der Waals surface area contributed by atoms with Gasteiger partial charge in [-0.2, -0.15) is 5.10 Å².